The van der Waals surface area contributed by atoms with E-state index in [1.165, 1.54) is 57.1 Å². The quantitative estimate of drug-likeness (QED) is 0.496. The second kappa shape index (κ2) is 8.36. The highest BCUT2D eigenvalue weighted by molar-refractivity contribution is 8.18. The second-order valence-electron chi connectivity index (χ2n) is 11.9. The fourth-order valence-electron chi connectivity index (χ4n) is 8.06. The molecule has 4 saturated carbocycles. The van der Waals surface area contributed by atoms with E-state index in [1.807, 2.05) is 10.7 Å². The predicted molar refractivity (Wildman–Crippen MR) is 141 cm³/mol. The van der Waals surface area contributed by atoms with Crippen molar-refractivity contribution in [2.45, 2.75) is 63.7 Å². The van der Waals surface area contributed by atoms with Crippen molar-refractivity contribution < 1.29 is 4.79 Å². The number of nitrogens with zero attached hydrogens (tertiary/aromatic N) is 4. The molecule has 4 bridgehead atoms. The first kappa shape index (κ1) is 21.9. The lowest BCUT2D eigenvalue weighted by atomic mass is 9.48. The van der Waals surface area contributed by atoms with Crippen LogP contribution in [0.15, 0.2) is 46.4 Å². The van der Waals surface area contributed by atoms with Gasteiger partial charge in [0.05, 0.1) is 16.3 Å². The van der Waals surface area contributed by atoms with E-state index in [2.05, 4.69) is 53.4 Å². The molecule has 3 heterocycles. The fraction of sp³-hybridized carbons (Fsp3) is 0.552. The van der Waals surface area contributed by atoms with Crippen LogP contribution >= 0.6 is 11.8 Å². The Morgan fingerprint density at radius 3 is 2.46 bits per heavy atom. The van der Waals surface area contributed by atoms with Crippen LogP contribution in [0.2, 0.25) is 0 Å². The van der Waals surface area contributed by atoms with Crippen molar-refractivity contribution in [2.24, 2.45) is 28.7 Å². The van der Waals surface area contributed by atoms with Crippen LogP contribution in [0.5, 0.6) is 0 Å². The molecular formula is C29H34N4OS. The molecule has 182 valence electrons. The van der Waals surface area contributed by atoms with Crippen molar-refractivity contribution in [1.29, 1.82) is 0 Å². The Bertz CT molecular complexity index is 1180. The van der Waals surface area contributed by atoms with Gasteiger partial charge < -0.3 is 4.90 Å². The number of carbonyl (C=O) groups excluding carboxylic acids is 1. The summed E-state index contributed by atoms with van der Waals surface area (Å²) in [6.45, 7) is 4.29. The van der Waals surface area contributed by atoms with Gasteiger partial charge in [-0.25, -0.2) is 4.68 Å². The molecule has 4 aliphatic carbocycles. The molecule has 2 aromatic rings. The Morgan fingerprint density at radius 2 is 1.77 bits per heavy atom. The van der Waals surface area contributed by atoms with Crippen LogP contribution in [0.25, 0.3) is 11.8 Å². The van der Waals surface area contributed by atoms with E-state index >= 15 is 0 Å². The molecule has 5 nitrogen and oxygen atoms in total. The van der Waals surface area contributed by atoms with Crippen molar-refractivity contribution in [1.82, 2.24) is 14.7 Å². The molecule has 5 fully saturated rings. The number of amidine groups is 1. The summed E-state index contributed by atoms with van der Waals surface area (Å²) in [6, 6.07) is 10.4. The van der Waals surface area contributed by atoms with Crippen molar-refractivity contribution in [3.05, 3.63) is 52.7 Å². The third-order valence-corrected chi connectivity index (χ3v) is 10.2. The van der Waals surface area contributed by atoms with Gasteiger partial charge in [0.15, 0.2) is 5.17 Å². The number of thioether (sulfide) groups is 1. The van der Waals surface area contributed by atoms with Gasteiger partial charge in [-0.1, -0.05) is 25.1 Å². The van der Waals surface area contributed by atoms with E-state index in [-0.39, 0.29) is 11.3 Å². The lowest BCUT2D eigenvalue weighted by molar-refractivity contribution is -0.113. The van der Waals surface area contributed by atoms with Crippen LogP contribution < -0.4 is 0 Å². The third-order valence-electron chi connectivity index (χ3n) is 9.13. The molecule has 1 amide bonds. The normalized spacial score (nSPS) is 35.2. The Kier molecular flexibility index (Phi) is 5.23. The first-order valence-electron chi connectivity index (χ1n) is 13.5. The van der Waals surface area contributed by atoms with Crippen molar-refractivity contribution in [3.8, 4) is 5.69 Å². The van der Waals surface area contributed by atoms with E-state index in [0.717, 1.165) is 52.2 Å². The number of piperidine rings is 1. The van der Waals surface area contributed by atoms with Gasteiger partial charge in [-0.05, 0) is 105 Å². The van der Waals surface area contributed by atoms with Gasteiger partial charge >= 0.3 is 0 Å². The number of aliphatic imine (C=N–C) groups is 1. The van der Waals surface area contributed by atoms with Gasteiger partial charge in [-0.15, -0.1) is 0 Å². The highest BCUT2D eigenvalue weighted by Gasteiger charge is 2.53. The van der Waals surface area contributed by atoms with Crippen molar-refractivity contribution in [2.75, 3.05) is 13.1 Å². The molecule has 6 aliphatic rings. The van der Waals surface area contributed by atoms with Gasteiger partial charge in [0.1, 0.15) is 0 Å². The molecule has 6 heteroatoms. The first-order valence-corrected chi connectivity index (χ1v) is 14.3. The predicted octanol–water partition coefficient (Wildman–Crippen LogP) is 6.04. The summed E-state index contributed by atoms with van der Waals surface area (Å²) in [6.07, 6.45) is 14.7. The van der Waals surface area contributed by atoms with Crippen LogP contribution in [-0.4, -0.2) is 38.8 Å². The summed E-state index contributed by atoms with van der Waals surface area (Å²) in [5, 5.41) is 6.15. The Hall–Kier alpha value is -2.34. The molecule has 1 unspecified atom stereocenters. The number of hydrogen-bond donors (Lipinski definition) is 0. The molecule has 1 aromatic heterocycles. The van der Waals surface area contributed by atoms with Crippen LogP contribution in [0, 0.1) is 23.7 Å². The number of hydrogen-bond acceptors (Lipinski definition) is 4. The summed E-state index contributed by atoms with van der Waals surface area (Å²) >= 11 is 1.56. The van der Waals surface area contributed by atoms with E-state index in [0.29, 0.717) is 5.92 Å². The number of likely N-dealkylation sites (tertiary alicyclic amines) is 1. The average Bonchev–Trinajstić information content (AvgIpc) is 3.43. The number of aromatic nitrogens is 2. The molecule has 1 atom stereocenters. The average molecular weight is 487 g/mol. The van der Waals surface area contributed by atoms with Crippen molar-refractivity contribution >= 4 is 28.9 Å². The number of para-hydroxylation sites is 1. The summed E-state index contributed by atoms with van der Waals surface area (Å²) in [5.41, 5.74) is 3.59. The molecule has 0 N–H and O–H groups in total. The minimum atomic E-state index is -0.0906. The maximum absolute atomic E-state index is 13.0. The zero-order valence-corrected chi connectivity index (χ0v) is 21.3. The molecule has 2 aliphatic heterocycles. The molecule has 0 radical (unpaired) electrons. The van der Waals surface area contributed by atoms with Gasteiger partial charge in [0.25, 0.3) is 5.91 Å². The Morgan fingerprint density at radius 1 is 1.06 bits per heavy atom. The molecule has 0 spiro atoms. The maximum Gasteiger partial charge on any atom is 0.286 e. The summed E-state index contributed by atoms with van der Waals surface area (Å²) in [7, 11) is 0. The monoisotopic (exact) mass is 486 g/mol. The molecule has 35 heavy (non-hydrogen) atoms. The molecule has 8 rings (SSSR count). The van der Waals surface area contributed by atoms with Gasteiger partial charge in [-0.2, -0.15) is 10.1 Å². The largest absolute Gasteiger partial charge is 0.351 e. The lowest BCUT2D eigenvalue weighted by Crippen LogP contribution is -2.49. The standard InChI is InChI=1S/C29H34N4OS/c1-19-6-5-9-32(17-19)28-30-27(34)25(35-28)13-23-18-33(24-7-3-2-4-8-24)31-26(23)29-14-20-10-21(15-29)12-22(11-20)16-29/h2-4,7-8,13,18-22H,5-6,9-12,14-17H2,1H3/b25-13-. The maximum atomic E-state index is 13.0. The summed E-state index contributed by atoms with van der Waals surface area (Å²) in [5.74, 6) is 3.11. The van der Waals surface area contributed by atoms with Crippen LogP contribution in [0.1, 0.15) is 69.5 Å². The molecule has 1 aromatic carbocycles. The smallest absolute Gasteiger partial charge is 0.286 e. The number of amides is 1. The zero-order valence-electron chi connectivity index (χ0n) is 20.5. The SMILES string of the molecule is CC1CCCN(C2=NC(=O)/C(=C/c3cn(-c4ccccc4)nc3C34CC5CC(CC(C5)C3)C4)S2)C1. The number of rotatable bonds is 3. The number of carbonyl (C=O) groups is 1. The topological polar surface area (TPSA) is 50.5 Å². The minimum absolute atomic E-state index is 0.0906. The van der Waals surface area contributed by atoms with Crippen LogP contribution in [0.4, 0.5) is 0 Å². The minimum Gasteiger partial charge on any atom is -0.351 e. The van der Waals surface area contributed by atoms with Gasteiger partial charge in [0, 0.05) is 30.3 Å². The van der Waals surface area contributed by atoms with Crippen LogP contribution in [0.3, 0.4) is 0 Å². The fourth-order valence-corrected chi connectivity index (χ4v) is 9.00. The highest BCUT2D eigenvalue weighted by Crippen LogP contribution is 2.61. The van der Waals surface area contributed by atoms with E-state index in [4.69, 9.17) is 5.10 Å². The molecular weight excluding hydrogens is 452 g/mol. The van der Waals surface area contributed by atoms with Crippen molar-refractivity contribution in [3.63, 3.8) is 0 Å². The summed E-state index contributed by atoms with van der Waals surface area (Å²) in [4.78, 5) is 20.6. The summed E-state index contributed by atoms with van der Waals surface area (Å²) < 4.78 is 2.04. The first-order chi connectivity index (χ1) is 17.0. The Balaban J connectivity index is 1.26. The molecule has 1 saturated heterocycles. The second-order valence-corrected chi connectivity index (χ2v) is 12.9. The zero-order chi connectivity index (χ0) is 23.6. The van der Waals surface area contributed by atoms with Gasteiger partial charge in [0.2, 0.25) is 0 Å². The van der Waals surface area contributed by atoms with E-state index in [1.54, 1.807) is 11.8 Å². The highest BCUT2D eigenvalue weighted by atomic mass is 32.2. The lowest BCUT2D eigenvalue weighted by Gasteiger charge is -2.56. The van der Waals surface area contributed by atoms with E-state index in [9.17, 15) is 4.79 Å². The van der Waals surface area contributed by atoms with Crippen LogP contribution in [-0.2, 0) is 10.2 Å². The number of benzene rings is 1. The third kappa shape index (κ3) is 3.89. The Labute approximate surface area is 212 Å². The van der Waals surface area contributed by atoms with Gasteiger partial charge in [-0.3, -0.25) is 4.79 Å². The van der Waals surface area contributed by atoms with E-state index < -0.39 is 0 Å².